The first kappa shape index (κ1) is 34.1. The number of nitrogens with one attached hydrogen (secondary N) is 1. The van der Waals surface area contributed by atoms with Crippen molar-refractivity contribution in [3.63, 3.8) is 0 Å². The molecule has 46 heavy (non-hydrogen) atoms. The second-order valence-corrected chi connectivity index (χ2v) is 14.0. The van der Waals surface area contributed by atoms with Crippen LogP contribution in [0.2, 0.25) is 0 Å². The summed E-state index contributed by atoms with van der Waals surface area (Å²) >= 11 is 0. The Hall–Kier alpha value is -3.27. The van der Waals surface area contributed by atoms with Gasteiger partial charge >= 0.3 is 5.97 Å². The van der Waals surface area contributed by atoms with Crippen molar-refractivity contribution in [3.8, 4) is 5.75 Å². The minimum atomic E-state index is -0.222. The molecule has 5 rings (SSSR count). The van der Waals surface area contributed by atoms with Crippen molar-refractivity contribution in [1.29, 1.82) is 0 Å². The van der Waals surface area contributed by atoms with Crippen LogP contribution in [0.4, 0.5) is 5.69 Å². The van der Waals surface area contributed by atoms with E-state index >= 15 is 0 Å². The van der Waals surface area contributed by atoms with Gasteiger partial charge in [-0.1, -0.05) is 39.3 Å². The van der Waals surface area contributed by atoms with Crippen LogP contribution in [0.25, 0.3) is 10.9 Å². The third-order valence-corrected chi connectivity index (χ3v) is 10.0. The highest BCUT2D eigenvalue weighted by atomic mass is 16.5. The number of esters is 1. The van der Waals surface area contributed by atoms with Crippen molar-refractivity contribution >= 4 is 22.6 Å². The molecule has 2 saturated heterocycles. The van der Waals surface area contributed by atoms with Crippen molar-refractivity contribution < 1.29 is 9.53 Å². The van der Waals surface area contributed by atoms with Gasteiger partial charge in [-0.25, -0.2) is 4.98 Å². The summed E-state index contributed by atoms with van der Waals surface area (Å²) in [5.41, 5.74) is 2.85. The largest absolute Gasteiger partial charge is 0.426 e. The number of piperidine rings is 1. The monoisotopic (exact) mass is 630 g/mol. The predicted octanol–water partition coefficient (Wildman–Crippen LogP) is 5.56. The Bertz CT molecular complexity index is 1570. The smallest absolute Gasteiger partial charge is 0.313 e. The molecule has 9 nitrogen and oxygen atoms in total. The number of fused-ring (bicyclic) bond motifs is 1. The molecule has 3 heterocycles. The maximum atomic E-state index is 14.1. The summed E-state index contributed by atoms with van der Waals surface area (Å²) in [4.78, 5) is 38.8. The van der Waals surface area contributed by atoms with E-state index in [0.717, 1.165) is 74.5 Å². The van der Waals surface area contributed by atoms with Gasteiger partial charge < -0.3 is 15.0 Å². The quantitative estimate of drug-likeness (QED) is 0.231. The lowest BCUT2D eigenvalue weighted by Crippen LogP contribution is -2.55. The molecule has 0 radical (unpaired) electrons. The summed E-state index contributed by atoms with van der Waals surface area (Å²) in [5.74, 6) is 1.08. The summed E-state index contributed by atoms with van der Waals surface area (Å²) in [6, 6.07) is 15.1. The zero-order chi connectivity index (χ0) is 33.2. The number of anilines is 1. The van der Waals surface area contributed by atoms with Gasteiger partial charge in [0, 0.05) is 56.0 Å². The average molecular weight is 631 g/mol. The molecule has 0 amide bonds. The fourth-order valence-corrected chi connectivity index (χ4v) is 7.57. The van der Waals surface area contributed by atoms with Crippen molar-refractivity contribution in [2.24, 2.45) is 5.92 Å². The van der Waals surface area contributed by atoms with Crippen molar-refractivity contribution in [2.45, 2.75) is 97.4 Å². The van der Waals surface area contributed by atoms with Gasteiger partial charge in [-0.3, -0.25) is 24.0 Å². The molecule has 2 aliphatic rings. The predicted molar refractivity (Wildman–Crippen MR) is 187 cm³/mol. The van der Waals surface area contributed by atoms with E-state index in [2.05, 4.69) is 80.0 Å². The molecule has 2 aliphatic heterocycles. The molecule has 1 aromatic heterocycles. The van der Waals surface area contributed by atoms with E-state index in [-0.39, 0.29) is 29.0 Å². The number of nitrogens with zero attached hydrogens (tertiary/aromatic N) is 5. The van der Waals surface area contributed by atoms with Crippen LogP contribution in [-0.2, 0) is 16.9 Å². The molecule has 0 bridgehead atoms. The standard InChI is InChI=1S/C37H54N6O3/c1-9-12-33(42-23-26(5)38-27(6)24-42)34-39-32-16-15-29(22-31(32)35(44)43(34)10-2)41-19-17-37(18-20-41,40(7)8)28-13-11-14-30(21-28)46-36(45)25(3)4/h11,13-16,21-22,25-27,33,38H,9-10,12,17-20,23-24H2,1-8H3/t26-,27+,33-/m1/s1. The fraction of sp³-hybridized carbons (Fsp3) is 0.595. The second-order valence-electron chi connectivity index (χ2n) is 14.0. The summed E-state index contributed by atoms with van der Waals surface area (Å²) in [7, 11) is 4.25. The number of aromatic nitrogens is 2. The molecular formula is C37H54N6O3. The molecule has 250 valence electrons. The highest BCUT2D eigenvalue weighted by molar-refractivity contribution is 5.82. The molecule has 9 heteroatoms. The number of hydrogen-bond acceptors (Lipinski definition) is 8. The third kappa shape index (κ3) is 6.87. The van der Waals surface area contributed by atoms with Crippen molar-refractivity contribution in [3.05, 3.63) is 64.2 Å². The van der Waals surface area contributed by atoms with E-state index < -0.39 is 0 Å². The molecule has 0 unspecified atom stereocenters. The van der Waals surface area contributed by atoms with Gasteiger partial charge in [-0.15, -0.1) is 0 Å². The maximum absolute atomic E-state index is 14.1. The minimum Gasteiger partial charge on any atom is -0.426 e. The van der Waals surface area contributed by atoms with Gasteiger partial charge in [-0.05, 0) is 90.0 Å². The number of piperazine rings is 1. The van der Waals surface area contributed by atoms with Crippen LogP contribution >= 0.6 is 0 Å². The van der Waals surface area contributed by atoms with Gasteiger partial charge in [0.05, 0.1) is 22.9 Å². The normalized spacial score (nSPS) is 21.2. The van der Waals surface area contributed by atoms with Crippen molar-refractivity contribution in [2.75, 3.05) is 45.2 Å². The van der Waals surface area contributed by atoms with E-state index in [1.807, 2.05) is 42.7 Å². The Labute approximate surface area is 274 Å². The lowest BCUT2D eigenvalue weighted by atomic mass is 9.79. The number of hydrogen-bond donors (Lipinski definition) is 1. The van der Waals surface area contributed by atoms with Crippen LogP contribution in [0.1, 0.15) is 84.7 Å². The van der Waals surface area contributed by atoms with Gasteiger partial charge in [-0.2, -0.15) is 0 Å². The van der Waals surface area contributed by atoms with Gasteiger partial charge in [0.25, 0.3) is 5.56 Å². The fourth-order valence-electron chi connectivity index (χ4n) is 7.57. The number of carbonyl (C=O) groups excluding carboxylic acids is 1. The Morgan fingerprint density at radius 1 is 1.07 bits per heavy atom. The number of rotatable bonds is 10. The van der Waals surface area contributed by atoms with Gasteiger partial charge in [0.2, 0.25) is 0 Å². The van der Waals surface area contributed by atoms with Crippen molar-refractivity contribution in [1.82, 2.24) is 24.7 Å². The third-order valence-electron chi connectivity index (χ3n) is 10.0. The second kappa shape index (κ2) is 14.2. The van der Waals surface area contributed by atoms with E-state index in [4.69, 9.17) is 9.72 Å². The topological polar surface area (TPSA) is 82.9 Å². The Morgan fingerprint density at radius 2 is 1.76 bits per heavy atom. The van der Waals surface area contributed by atoms with Crippen LogP contribution in [0.3, 0.4) is 0 Å². The zero-order valence-corrected chi connectivity index (χ0v) is 29.2. The molecular weight excluding hydrogens is 576 g/mol. The molecule has 1 N–H and O–H groups in total. The van der Waals surface area contributed by atoms with Crippen LogP contribution in [0.5, 0.6) is 5.75 Å². The molecule has 2 fully saturated rings. The first-order valence-electron chi connectivity index (χ1n) is 17.3. The first-order valence-corrected chi connectivity index (χ1v) is 17.3. The lowest BCUT2D eigenvalue weighted by Gasteiger charge is -2.47. The van der Waals surface area contributed by atoms with Gasteiger partial charge in [0.15, 0.2) is 0 Å². The minimum absolute atomic E-state index is 0.0501. The van der Waals surface area contributed by atoms with E-state index in [0.29, 0.717) is 29.8 Å². The van der Waals surface area contributed by atoms with Gasteiger partial charge in [0.1, 0.15) is 11.6 Å². The van der Waals surface area contributed by atoms with Crippen LogP contribution in [-0.4, -0.2) is 77.7 Å². The molecule has 0 spiro atoms. The molecule has 3 atom stereocenters. The lowest BCUT2D eigenvalue weighted by molar-refractivity contribution is -0.137. The van der Waals surface area contributed by atoms with E-state index in [9.17, 15) is 9.59 Å². The van der Waals surface area contributed by atoms with E-state index in [1.54, 1.807) is 0 Å². The molecule has 0 saturated carbocycles. The Morgan fingerprint density at radius 3 is 2.37 bits per heavy atom. The summed E-state index contributed by atoms with van der Waals surface area (Å²) in [6.45, 7) is 16.6. The van der Waals surface area contributed by atoms with Crippen LogP contribution in [0.15, 0.2) is 47.3 Å². The summed E-state index contributed by atoms with van der Waals surface area (Å²) < 4.78 is 7.58. The SMILES string of the molecule is CCC[C@H](c1nc2ccc(N3CCC(c4cccc(OC(=O)C(C)C)c4)(N(C)C)CC3)cc2c(=O)n1CC)N1C[C@@H](C)N[C@@H](C)C1. The first-order chi connectivity index (χ1) is 22.0. The summed E-state index contributed by atoms with van der Waals surface area (Å²) in [5, 5.41) is 4.33. The number of carbonyl (C=O) groups is 1. The zero-order valence-electron chi connectivity index (χ0n) is 29.2. The average Bonchev–Trinajstić information content (AvgIpc) is 3.03. The highest BCUT2D eigenvalue weighted by Gasteiger charge is 2.39. The Kier molecular flexibility index (Phi) is 10.5. The van der Waals surface area contributed by atoms with Crippen LogP contribution < -0.4 is 20.5 Å². The van der Waals surface area contributed by atoms with Crippen LogP contribution in [0, 0.1) is 5.92 Å². The molecule has 0 aliphatic carbocycles. The maximum Gasteiger partial charge on any atom is 0.313 e. The van der Waals surface area contributed by atoms with E-state index in [1.165, 1.54) is 0 Å². The molecule has 3 aromatic rings. The number of ether oxygens (including phenoxy) is 1. The summed E-state index contributed by atoms with van der Waals surface area (Å²) in [6.07, 6.45) is 3.80. The molecule has 2 aromatic carbocycles. The number of benzene rings is 2. The highest BCUT2D eigenvalue weighted by Crippen LogP contribution is 2.40. The Balaban J connectivity index is 1.41.